The lowest BCUT2D eigenvalue weighted by atomic mass is 10.2. The number of hydrogen-bond acceptors (Lipinski definition) is 1. The van der Waals surface area contributed by atoms with Crippen molar-refractivity contribution in [3.05, 3.63) is 35.9 Å². The van der Waals surface area contributed by atoms with Crippen molar-refractivity contribution in [2.75, 3.05) is 24.0 Å². The second-order valence-electron chi connectivity index (χ2n) is 4.77. The van der Waals surface area contributed by atoms with Gasteiger partial charge in [-0.05, 0) is 36.2 Å². The average Bonchev–Trinajstić information content (AvgIpc) is 2.44. The Morgan fingerprint density at radius 3 is 1.79 bits per heavy atom. The van der Waals surface area contributed by atoms with Gasteiger partial charge in [0.05, 0.1) is 0 Å². The lowest BCUT2D eigenvalue weighted by Crippen LogP contribution is -2.14. The molecule has 0 amide bonds. The zero-order chi connectivity index (χ0) is 14.3. The molecule has 1 aromatic carbocycles. The van der Waals surface area contributed by atoms with Crippen LogP contribution >= 0.6 is 11.8 Å². The largest absolute Gasteiger partial charge is 0.169 e. The van der Waals surface area contributed by atoms with Crippen molar-refractivity contribution in [2.45, 2.75) is 45.3 Å². The number of hydrogen-bond donors (Lipinski definition) is 0. The molecule has 0 aliphatic rings. The van der Waals surface area contributed by atoms with Gasteiger partial charge >= 0.3 is 0 Å². The van der Waals surface area contributed by atoms with Crippen LogP contribution in [0.25, 0.3) is 0 Å². The Morgan fingerprint density at radius 2 is 1.37 bits per heavy atom. The fourth-order valence-corrected chi connectivity index (χ4v) is 4.30. The van der Waals surface area contributed by atoms with E-state index in [1.807, 2.05) is 12.5 Å². The van der Waals surface area contributed by atoms with Crippen molar-refractivity contribution < 1.29 is 0 Å². The lowest BCUT2D eigenvalue weighted by molar-refractivity contribution is 0.870. The molecule has 0 saturated heterocycles. The topological polar surface area (TPSA) is 0 Å². The predicted octanol–water partition coefficient (Wildman–Crippen LogP) is 5.38. The van der Waals surface area contributed by atoms with Crippen molar-refractivity contribution in [3.8, 4) is 0 Å². The van der Waals surface area contributed by atoms with E-state index in [1.165, 1.54) is 48.5 Å². The zero-order valence-corrected chi connectivity index (χ0v) is 14.8. The van der Waals surface area contributed by atoms with Gasteiger partial charge in [0, 0.05) is 5.56 Å². The van der Waals surface area contributed by atoms with Crippen molar-refractivity contribution in [2.24, 2.45) is 0 Å². The van der Waals surface area contributed by atoms with Crippen molar-refractivity contribution in [1.82, 2.24) is 0 Å². The summed E-state index contributed by atoms with van der Waals surface area (Å²) in [6, 6.07) is 11.0. The van der Waals surface area contributed by atoms with Crippen LogP contribution < -0.4 is 0 Å². The molecule has 19 heavy (non-hydrogen) atoms. The van der Waals surface area contributed by atoms with Gasteiger partial charge in [0.25, 0.3) is 0 Å². The number of unbranched alkanes of at least 4 members (excludes halogenated alkanes) is 2. The van der Waals surface area contributed by atoms with Crippen molar-refractivity contribution in [1.29, 1.82) is 0 Å². The van der Waals surface area contributed by atoms with Crippen LogP contribution in [0.1, 0.15) is 45.1 Å². The maximum Gasteiger partial charge on any atom is 0.133 e. The highest BCUT2D eigenvalue weighted by atomic mass is 32.2. The van der Waals surface area contributed by atoms with Crippen molar-refractivity contribution in [3.63, 3.8) is 0 Å². The predicted molar refractivity (Wildman–Crippen MR) is 96.5 cm³/mol. The molecular weight excluding hydrogens is 268 g/mol. The van der Waals surface area contributed by atoms with Gasteiger partial charge in [0.1, 0.15) is 17.3 Å². The highest BCUT2D eigenvalue weighted by molar-refractivity contribution is 7.97. The maximum absolute atomic E-state index is 2.30. The summed E-state index contributed by atoms with van der Waals surface area (Å²) >= 11 is 1.75. The number of thioether (sulfide) groups is 1. The standard InChI is InChI=1S/C15H25S.C2H6S/c1-3-5-12-16(13-6-4-2)14-15-10-8-7-9-11-15;1-3-2/h7-11H,3-6,12-14H2,1-2H3;1-2H3/q+1;. The molecule has 1 aromatic rings. The van der Waals surface area contributed by atoms with Gasteiger partial charge in [-0.25, -0.2) is 0 Å². The molecular formula is C17H31S2+. The van der Waals surface area contributed by atoms with Gasteiger partial charge in [-0.3, -0.25) is 0 Å². The monoisotopic (exact) mass is 299 g/mol. The Balaban J connectivity index is 0.000000982. The third-order valence-corrected chi connectivity index (χ3v) is 5.26. The highest BCUT2D eigenvalue weighted by Gasteiger charge is 2.16. The first-order chi connectivity index (χ1) is 9.28. The molecule has 0 spiro atoms. The molecule has 0 unspecified atom stereocenters. The number of benzene rings is 1. The normalized spacial score (nSPS) is 10.2. The first kappa shape index (κ1) is 18.9. The van der Waals surface area contributed by atoms with Gasteiger partial charge < -0.3 is 0 Å². The molecule has 0 heterocycles. The minimum Gasteiger partial charge on any atom is -0.169 e. The van der Waals surface area contributed by atoms with Gasteiger partial charge in [-0.1, -0.05) is 57.0 Å². The summed E-state index contributed by atoms with van der Waals surface area (Å²) in [5.41, 5.74) is 1.53. The molecule has 0 nitrogen and oxygen atoms in total. The summed E-state index contributed by atoms with van der Waals surface area (Å²) in [5, 5.41) is 0. The molecule has 0 fully saturated rings. The highest BCUT2D eigenvalue weighted by Crippen LogP contribution is 2.13. The Hall–Kier alpha value is -0.0800. The van der Waals surface area contributed by atoms with E-state index in [1.54, 1.807) is 11.8 Å². The van der Waals surface area contributed by atoms with Crippen LogP contribution in [-0.4, -0.2) is 24.0 Å². The van der Waals surface area contributed by atoms with E-state index in [0.717, 1.165) is 0 Å². The van der Waals surface area contributed by atoms with E-state index in [0.29, 0.717) is 10.9 Å². The third-order valence-electron chi connectivity index (χ3n) is 2.79. The molecule has 0 atom stereocenters. The molecule has 0 radical (unpaired) electrons. The second kappa shape index (κ2) is 14.3. The summed E-state index contributed by atoms with van der Waals surface area (Å²) in [7, 11) is 0.625. The van der Waals surface area contributed by atoms with Crippen LogP contribution in [0, 0.1) is 0 Å². The van der Waals surface area contributed by atoms with Crippen molar-refractivity contribution >= 4 is 22.7 Å². The molecule has 0 aliphatic heterocycles. The van der Waals surface area contributed by atoms with E-state index in [9.17, 15) is 0 Å². The quantitative estimate of drug-likeness (QED) is 0.580. The Bertz CT molecular complexity index is 264. The Labute approximate surface area is 128 Å². The Kier molecular flexibility index (Phi) is 14.3. The summed E-state index contributed by atoms with van der Waals surface area (Å²) in [4.78, 5) is 0. The molecule has 0 bridgehead atoms. The molecule has 110 valence electrons. The fourth-order valence-electron chi connectivity index (χ4n) is 1.75. The van der Waals surface area contributed by atoms with Crippen LogP contribution in [0.5, 0.6) is 0 Å². The SMILES string of the molecule is CCCC[S+](CCCC)Cc1ccccc1.CSC. The van der Waals surface area contributed by atoms with Crippen LogP contribution in [0.3, 0.4) is 0 Å². The van der Waals surface area contributed by atoms with Gasteiger partial charge in [0.2, 0.25) is 0 Å². The van der Waals surface area contributed by atoms with Gasteiger partial charge in [0.15, 0.2) is 0 Å². The first-order valence-electron chi connectivity index (χ1n) is 7.36. The molecule has 0 aromatic heterocycles. The van der Waals surface area contributed by atoms with E-state index >= 15 is 0 Å². The minimum absolute atomic E-state index is 0.625. The summed E-state index contributed by atoms with van der Waals surface area (Å²) in [6.07, 6.45) is 9.56. The molecule has 2 heteroatoms. The molecule has 1 rings (SSSR count). The second-order valence-corrected chi connectivity index (χ2v) is 7.91. The maximum atomic E-state index is 2.30. The van der Waals surface area contributed by atoms with E-state index in [2.05, 4.69) is 44.2 Å². The average molecular weight is 300 g/mol. The fraction of sp³-hybridized carbons (Fsp3) is 0.647. The summed E-state index contributed by atoms with van der Waals surface area (Å²) in [6.45, 7) is 4.59. The van der Waals surface area contributed by atoms with Crippen LogP contribution in [0.4, 0.5) is 0 Å². The first-order valence-corrected chi connectivity index (χ1v) is 10.7. The van der Waals surface area contributed by atoms with E-state index < -0.39 is 0 Å². The minimum atomic E-state index is 0.625. The molecule has 0 N–H and O–H groups in total. The van der Waals surface area contributed by atoms with E-state index in [-0.39, 0.29) is 0 Å². The smallest absolute Gasteiger partial charge is 0.133 e. The van der Waals surface area contributed by atoms with Gasteiger partial charge in [-0.15, -0.1) is 0 Å². The van der Waals surface area contributed by atoms with Crippen LogP contribution in [0.2, 0.25) is 0 Å². The van der Waals surface area contributed by atoms with Crippen LogP contribution in [-0.2, 0) is 16.6 Å². The van der Waals surface area contributed by atoms with Crippen LogP contribution in [0.15, 0.2) is 30.3 Å². The lowest BCUT2D eigenvalue weighted by Gasteiger charge is -2.08. The Morgan fingerprint density at radius 1 is 0.895 bits per heavy atom. The number of rotatable bonds is 8. The zero-order valence-electron chi connectivity index (χ0n) is 13.2. The summed E-state index contributed by atoms with van der Waals surface area (Å²) in [5.74, 6) is 4.18. The molecule has 0 saturated carbocycles. The van der Waals surface area contributed by atoms with Gasteiger partial charge in [-0.2, -0.15) is 11.8 Å². The third kappa shape index (κ3) is 11.4. The van der Waals surface area contributed by atoms with E-state index in [4.69, 9.17) is 0 Å². The molecule has 0 aliphatic carbocycles. The summed E-state index contributed by atoms with van der Waals surface area (Å²) < 4.78 is 0.